The topological polar surface area (TPSA) is 23.6 Å². The molecule has 68 valence electrons. The number of nitrogens with zero attached hydrogens (tertiary/aromatic N) is 2. The van der Waals surface area contributed by atoms with E-state index < -0.39 is 0 Å². The lowest BCUT2D eigenvalue weighted by Gasteiger charge is -2.32. The maximum Gasteiger partial charge on any atom is 0.246 e. The van der Waals surface area contributed by atoms with Crippen LogP contribution >= 0.6 is 22.6 Å². The molecule has 1 saturated heterocycles. The molecule has 12 heavy (non-hydrogen) atoms. The highest BCUT2D eigenvalue weighted by Gasteiger charge is 2.17. The predicted molar refractivity (Wildman–Crippen MR) is 57.2 cm³/mol. The van der Waals surface area contributed by atoms with E-state index in [9.17, 15) is 4.79 Å². The highest BCUT2D eigenvalue weighted by Crippen LogP contribution is 2.03. The van der Waals surface area contributed by atoms with Crippen molar-refractivity contribution >= 4 is 28.5 Å². The third kappa shape index (κ3) is 2.45. The molecule has 0 atom stereocenters. The number of halogens is 1. The molecule has 0 radical (unpaired) electrons. The van der Waals surface area contributed by atoms with Crippen LogP contribution in [0.4, 0.5) is 0 Å². The molecule has 0 bridgehead atoms. The molecule has 4 heteroatoms. The van der Waals surface area contributed by atoms with E-state index in [0.29, 0.717) is 0 Å². The van der Waals surface area contributed by atoms with Gasteiger partial charge in [0, 0.05) is 26.2 Å². The lowest BCUT2D eigenvalue weighted by atomic mass is 10.3. The minimum absolute atomic E-state index is 0.0584. The highest BCUT2D eigenvalue weighted by atomic mass is 127. The fourth-order valence-corrected chi connectivity index (χ4v) is 1.90. The molecule has 1 amide bonds. The van der Waals surface area contributed by atoms with Crippen molar-refractivity contribution in [2.24, 2.45) is 0 Å². The summed E-state index contributed by atoms with van der Waals surface area (Å²) in [6.07, 6.45) is 1.39. The Morgan fingerprint density at radius 3 is 2.42 bits per heavy atom. The summed E-state index contributed by atoms with van der Waals surface area (Å²) >= 11 is 2.34. The Bertz CT molecular complexity index is 176. The van der Waals surface area contributed by atoms with E-state index in [4.69, 9.17) is 0 Å². The van der Waals surface area contributed by atoms with Crippen molar-refractivity contribution in [3.63, 3.8) is 0 Å². The Morgan fingerprint density at radius 1 is 1.42 bits per heavy atom. The zero-order valence-corrected chi connectivity index (χ0v) is 9.16. The van der Waals surface area contributed by atoms with Crippen LogP contribution in [0, 0.1) is 0 Å². The van der Waals surface area contributed by atoms with Gasteiger partial charge in [-0.15, -0.1) is 0 Å². The molecule has 0 saturated carbocycles. The highest BCUT2D eigenvalue weighted by molar-refractivity contribution is 14.1. The largest absolute Gasteiger partial charge is 0.337 e. The standard InChI is InChI=1S/C8H13IN2O/c1-2-8(12)11-5-3-10(7-9)4-6-11/h2H,1,3-7H2. The van der Waals surface area contributed by atoms with E-state index in [-0.39, 0.29) is 5.91 Å². The van der Waals surface area contributed by atoms with Crippen molar-refractivity contribution in [1.29, 1.82) is 0 Å². The lowest BCUT2D eigenvalue weighted by Crippen LogP contribution is -2.47. The number of alkyl halides is 1. The van der Waals surface area contributed by atoms with Gasteiger partial charge < -0.3 is 4.90 Å². The molecule has 1 heterocycles. The molecule has 0 N–H and O–H groups in total. The second-order valence-corrected chi connectivity index (χ2v) is 3.45. The van der Waals surface area contributed by atoms with Crippen LogP contribution in [0.25, 0.3) is 0 Å². The van der Waals surface area contributed by atoms with Gasteiger partial charge in [0.2, 0.25) is 5.91 Å². The summed E-state index contributed by atoms with van der Waals surface area (Å²) in [5.74, 6) is 0.0584. The zero-order chi connectivity index (χ0) is 8.97. The minimum atomic E-state index is 0.0584. The van der Waals surface area contributed by atoms with Crippen LogP contribution in [0.1, 0.15) is 0 Å². The van der Waals surface area contributed by atoms with Crippen molar-refractivity contribution < 1.29 is 4.79 Å². The third-order valence-corrected chi connectivity index (χ3v) is 2.99. The molecule has 0 unspecified atom stereocenters. The van der Waals surface area contributed by atoms with Gasteiger partial charge in [-0.05, 0) is 6.08 Å². The Balaban J connectivity index is 2.35. The van der Waals surface area contributed by atoms with Crippen molar-refractivity contribution in [2.75, 3.05) is 30.7 Å². The van der Waals surface area contributed by atoms with Gasteiger partial charge in [0.05, 0.1) is 4.55 Å². The second-order valence-electron chi connectivity index (χ2n) is 2.77. The van der Waals surface area contributed by atoms with Crippen molar-refractivity contribution in [1.82, 2.24) is 9.80 Å². The molecule has 1 rings (SSSR count). The summed E-state index contributed by atoms with van der Waals surface area (Å²) in [5, 5.41) is 0. The Labute approximate surface area is 86.5 Å². The van der Waals surface area contributed by atoms with Gasteiger partial charge in [-0.1, -0.05) is 29.2 Å². The van der Waals surface area contributed by atoms with Gasteiger partial charge in [-0.3, -0.25) is 9.69 Å². The van der Waals surface area contributed by atoms with E-state index in [1.54, 1.807) is 0 Å². The van der Waals surface area contributed by atoms with Gasteiger partial charge in [-0.25, -0.2) is 0 Å². The summed E-state index contributed by atoms with van der Waals surface area (Å²) < 4.78 is 1.05. The summed E-state index contributed by atoms with van der Waals surface area (Å²) in [6, 6.07) is 0. The quantitative estimate of drug-likeness (QED) is 0.322. The van der Waals surface area contributed by atoms with Crippen LogP contribution < -0.4 is 0 Å². The number of hydrogen-bond donors (Lipinski definition) is 0. The first-order valence-electron chi connectivity index (χ1n) is 3.97. The smallest absolute Gasteiger partial charge is 0.246 e. The van der Waals surface area contributed by atoms with Crippen LogP contribution in [0.2, 0.25) is 0 Å². The molecule has 0 aliphatic carbocycles. The first-order chi connectivity index (χ1) is 5.77. The Morgan fingerprint density at radius 2 is 2.00 bits per heavy atom. The number of carbonyl (C=O) groups is 1. The first kappa shape index (κ1) is 9.98. The van der Waals surface area contributed by atoms with Gasteiger partial charge in [0.15, 0.2) is 0 Å². The molecule has 0 aromatic rings. The molecule has 1 aliphatic rings. The zero-order valence-electron chi connectivity index (χ0n) is 7.00. The number of amides is 1. The Kier molecular flexibility index (Phi) is 4.00. The molecule has 1 fully saturated rings. The SMILES string of the molecule is C=CC(=O)N1CCN(CI)CC1. The van der Waals surface area contributed by atoms with E-state index in [1.807, 2.05) is 4.90 Å². The first-order valence-corrected chi connectivity index (χ1v) is 5.50. The average molecular weight is 280 g/mol. The van der Waals surface area contributed by atoms with Gasteiger partial charge in [-0.2, -0.15) is 0 Å². The van der Waals surface area contributed by atoms with E-state index in [2.05, 4.69) is 34.1 Å². The lowest BCUT2D eigenvalue weighted by molar-refractivity contribution is -0.127. The Hall–Kier alpha value is -0.100. The number of hydrogen-bond acceptors (Lipinski definition) is 2. The van der Waals surface area contributed by atoms with Crippen molar-refractivity contribution in [3.8, 4) is 0 Å². The second kappa shape index (κ2) is 4.81. The summed E-state index contributed by atoms with van der Waals surface area (Å²) in [5.41, 5.74) is 0. The normalized spacial score (nSPS) is 19.2. The molecule has 1 aliphatic heterocycles. The predicted octanol–water partition coefficient (Wildman–Crippen LogP) is 0.709. The molecule has 0 aromatic carbocycles. The van der Waals surface area contributed by atoms with E-state index >= 15 is 0 Å². The van der Waals surface area contributed by atoms with Gasteiger partial charge in [0.1, 0.15) is 0 Å². The third-order valence-electron chi connectivity index (χ3n) is 2.03. The van der Waals surface area contributed by atoms with Crippen molar-refractivity contribution in [2.45, 2.75) is 0 Å². The summed E-state index contributed by atoms with van der Waals surface area (Å²) in [4.78, 5) is 15.3. The fraction of sp³-hybridized carbons (Fsp3) is 0.625. The number of piperazine rings is 1. The number of rotatable bonds is 2. The fourth-order valence-electron chi connectivity index (χ4n) is 1.22. The van der Waals surface area contributed by atoms with E-state index in [0.717, 1.165) is 30.7 Å². The maximum absolute atomic E-state index is 11.1. The number of carbonyl (C=O) groups excluding carboxylic acids is 1. The minimum Gasteiger partial charge on any atom is -0.337 e. The van der Waals surface area contributed by atoms with Crippen LogP contribution in [0.15, 0.2) is 12.7 Å². The van der Waals surface area contributed by atoms with E-state index in [1.165, 1.54) is 6.08 Å². The molecule has 0 aromatic heterocycles. The van der Waals surface area contributed by atoms with Crippen LogP contribution in [-0.2, 0) is 4.79 Å². The van der Waals surface area contributed by atoms with Gasteiger partial charge >= 0.3 is 0 Å². The summed E-state index contributed by atoms with van der Waals surface area (Å²) in [7, 11) is 0. The van der Waals surface area contributed by atoms with Crippen LogP contribution in [-0.4, -0.2) is 46.4 Å². The summed E-state index contributed by atoms with van der Waals surface area (Å²) in [6.45, 7) is 7.13. The molecule has 3 nitrogen and oxygen atoms in total. The molecular weight excluding hydrogens is 267 g/mol. The van der Waals surface area contributed by atoms with Gasteiger partial charge in [0.25, 0.3) is 0 Å². The van der Waals surface area contributed by atoms with Crippen LogP contribution in [0.3, 0.4) is 0 Å². The maximum atomic E-state index is 11.1. The molecule has 0 spiro atoms. The average Bonchev–Trinajstić information content (AvgIpc) is 2.17. The van der Waals surface area contributed by atoms with Crippen molar-refractivity contribution in [3.05, 3.63) is 12.7 Å². The molecular formula is C8H13IN2O. The monoisotopic (exact) mass is 280 g/mol. The van der Waals surface area contributed by atoms with Crippen LogP contribution in [0.5, 0.6) is 0 Å².